The molecule has 6 atom stereocenters. The van der Waals surface area contributed by atoms with E-state index in [9.17, 15) is 15.3 Å². The van der Waals surface area contributed by atoms with Crippen LogP contribution in [0.2, 0.25) is 0 Å². The van der Waals surface area contributed by atoms with E-state index in [4.69, 9.17) is 18.9 Å². The summed E-state index contributed by atoms with van der Waals surface area (Å²) in [5, 5.41) is 29.1. The number of fused-ring (bicyclic) bond motifs is 1. The lowest BCUT2D eigenvalue weighted by Crippen LogP contribution is -2.61. The van der Waals surface area contributed by atoms with Gasteiger partial charge in [0.2, 0.25) is 0 Å². The highest BCUT2D eigenvalue weighted by Gasteiger charge is 2.48. The lowest BCUT2D eigenvalue weighted by atomic mass is 9.98. The molecule has 21 heavy (non-hydrogen) atoms. The van der Waals surface area contributed by atoms with E-state index in [1.54, 1.807) is 31.4 Å². The van der Waals surface area contributed by atoms with Crippen molar-refractivity contribution in [3.8, 4) is 5.75 Å². The molecule has 0 bridgehead atoms. The molecule has 1 aromatic rings. The molecule has 2 aliphatic heterocycles. The first-order chi connectivity index (χ1) is 10.1. The number of rotatable bonds is 2. The molecule has 116 valence electrons. The Morgan fingerprint density at radius 1 is 1.05 bits per heavy atom. The number of hydrogen-bond donors (Lipinski definition) is 3. The summed E-state index contributed by atoms with van der Waals surface area (Å²) in [5.74, 6) is 0.715. The van der Waals surface area contributed by atoms with Crippen molar-refractivity contribution in [1.29, 1.82) is 0 Å². The molecule has 0 radical (unpaired) electrons. The lowest BCUT2D eigenvalue weighted by Gasteiger charge is -2.45. The van der Waals surface area contributed by atoms with Gasteiger partial charge in [-0.1, -0.05) is 12.1 Å². The number of hydrogen-bond acceptors (Lipinski definition) is 7. The minimum Gasteiger partial charge on any atom is -0.497 e. The van der Waals surface area contributed by atoms with Gasteiger partial charge < -0.3 is 34.3 Å². The standard InChI is InChI=1S/C14H18O7/c1-18-8-4-2-7(3-5-8)14-19-6-9-12(21-14)10(15)11(16)13(17)20-9/h2-5,9-17H,6H2,1H3/t9-,10-,11-,12-,13-,14?/m1/s1. The maximum Gasteiger partial charge on any atom is 0.184 e. The Hall–Kier alpha value is -1.22. The Morgan fingerprint density at radius 3 is 2.43 bits per heavy atom. The average Bonchev–Trinajstić information content (AvgIpc) is 2.53. The van der Waals surface area contributed by atoms with E-state index in [0.717, 1.165) is 5.56 Å². The van der Waals surface area contributed by atoms with Crippen LogP contribution in [0.25, 0.3) is 0 Å². The summed E-state index contributed by atoms with van der Waals surface area (Å²) < 4.78 is 21.5. The molecule has 2 heterocycles. The van der Waals surface area contributed by atoms with Gasteiger partial charge in [-0.05, 0) is 12.1 Å². The molecule has 2 fully saturated rings. The van der Waals surface area contributed by atoms with Crippen molar-refractivity contribution in [2.75, 3.05) is 13.7 Å². The monoisotopic (exact) mass is 298 g/mol. The normalized spacial score (nSPS) is 39.6. The molecular weight excluding hydrogens is 280 g/mol. The van der Waals surface area contributed by atoms with Gasteiger partial charge in [0.25, 0.3) is 0 Å². The van der Waals surface area contributed by atoms with Crippen LogP contribution in [-0.4, -0.2) is 59.7 Å². The number of methoxy groups -OCH3 is 1. The van der Waals surface area contributed by atoms with Gasteiger partial charge in [0.1, 0.15) is 30.2 Å². The Bertz CT molecular complexity index is 475. The largest absolute Gasteiger partial charge is 0.497 e. The van der Waals surface area contributed by atoms with Gasteiger partial charge in [-0.2, -0.15) is 0 Å². The number of ether oxygens (including phenoxy) is 4. The molecule has 0 aromatic heterocycles. The van der Waals surface area contributed by atoms with Gasteiger partial charge in [-0.15, -0.1) is 0 Å². The number of aliphatic hydroxyl groups excluding tert-OH is 3. The van der Waals surface area contributed by atoms with Crippen LogP contribution >= 0.6 is 0 Å². The first-order valence-corrected chi connectivity index (χ1v) is 6.71. The number of aliphatic hydroxyl groups is 3. The molecule has 7 nitrogen and oxygen atoms in total. The van der Waals surface area contributed by atoms with E-state index in [0.29, 0.717) is 5.75 Å². The third-order valence-corrected chi connectivity index (χ3v) is 3.74. The second-order valence-electron chi connectivity index (χ2n) is 5.09. The van der Waals surface area contributed by atoms with Crippen LogP contribution < -0.4 is 4.74 Å². The first-order valence-electron chi connectivity index (χ1n) is 6.71. The fraction of sp³-hybridized carbons (Fsp3) is 0.571. The van der Waals surface area contributed by atoms with Gasteiger partial charge >= 0.3 is 0 Å². The quantitative estimate of drug-likeness (QED) is 0.680. The fourth-order valence-corrected chi connectivity index (χ4v) is 2.52. The van der Waals surface area contributed by atoms with Crippen molar-refractivity contribution < 1.29 is 34.3 Å². The third-order valence-electron chi connectivity index (χ3n) is 3.74. The lowest BCUT2D eigenvalue weighted by molar-refractivity contribution is -0.354. The summed E-state index contributed by atoms with van der Waals surface area (Å²) in [6, 6.07) is 7.15. The van der Waals surface area contributed by atoms with E-state index < -0.39 is 37.0 Å². The Kier molecular flexibility index (Phi) is 4.12. The van der Waals surface area contributed by atoms with E-state index in [1.165, 1.54) is 0 Å². The molecule has 7 heteroatoms. The van der Waals surface area contributed by atoms with Gasteiger partial charge in [-0.25, -0.2) is 0 Å². The molecule has 1 aromatic carbocycles. The predicted molar refractivity (Wildman–Crippen MR) is 69.5 cm³/mol. The van der Waals surface area contributed by atoms with Crippen LogP contribution in [0.3, 0.4) is 0 Å². The maximum absolute atomic E-state index is 10.00. The van der Waals surface area contributed by atoms with Crippen LogP contribution in [0.4, 0.5) is 0 Å². The zero-order chi connectivity index (χ0) is 15.0. The summed E-state index contributed by atoms with van der Waals surface area (Å²) in [5.41, 5.74) is 0.766. The molecular formula is C14H18O7. The van der Waals surface area contributed by atoms with Crippen molar-refractivity contribution in [2.24, 2.45) is 0 Å². The van der Waals surface area contributed by atoms with Crippen LogP contribution in [0.15, 0.2) is 24.3 Å². The second-order valence-corrected chi connectivity index (χ2v) is 5.09. The molecule has 0 aliphatic carbocycles. The SMILES string of the molecule is COc1ccc(C2OC[C@H]3O[C@@H](O)[C@H](O)[C@@H](O)[C@@H]3O2)cc1. The van der Waals surface area contributed by atoms with Crippen LogP contribution in [-0.2, 0) is 14.2 Å². The van der Waals surface area contributed by atoms with Gasteiger partial charge in [0.15, 0.2) is 12.6 Å². The van der Waals surface area contributed by atoms with Crippen molar-refractivity contribution >= 4 is 0 Å². The summed E-state index contributed by atoms with van der Waals surface area (Å²) in [7, 11) is 1.58. The van der Waals surface area contributed by atoms with E-state index in [-0.39, 0.29) is 6.61 Å². The van der Waals surface area contributed by atoms with Crippen molar-refractivity contribution in [2.45, 2.75) is 37.0 Å². The minimum atomic E-state index is -1.44. The molecule has 2 aliphatic rings. The van der Waals surface area contributed by atoms with Gasteiger partial charge in [0.05, 0.1) is 13.7 Å². The Balaban J connectivity index is 1.73. The van der Waals surface area contributed by atoms with Crippen LogP contribution in [0.5, 0.6) is 5.75 Å². The number of benzene rings is 1. The van der Waals surface area contributed by atoms with Crippen LogP contribution in [0, 0.1) is 0 Å². The van der Waals surface area contributed by atoms with Gasteiger partial charge in [-0.3, -0.25) is 0 Å². The third kappa shape index (κ3) is 2.76. The Morgan fingerprint density at radius 2 is 1.76 bits per heavy atom. The predicted octanol–water partition coefficient (Wildman–Crippen LogP) is -0.452. The molecule has 2 saturated heterocycles. The molecule has 0 amide bonds. The van der Waals surface area contributed by atoms with Gasteiger partial charge in [0, 0.05) is 5.56 Å². The molecule has 3 rings (SSSR count). The molecule has 0 spiro atoms. The van der Waals surface area contributed by atoms with Crippen molar-refractivity contribution in [1.82, 2.24) is 0 Å². The molecule has 3 N–H and O–H groups in total. The molecule has 0 saturated carbocycles. The fourth-order valence-electron chi connectivity index (χ4n) is 2.52. The van der Waals surface area contributed by atoms with E-state index in [2.05, 4.69) is 0 Å². The zero-order valence-corrected chi connectivity index (χ0v) is 11.5. The molecule has 1 unspecified atom stereocenters. The maximum atomic E-state index is 10.00. The highest BCUT2D eigenvalue weighted by atomic mass is 16.7. The van der Waals surface area contributed by atoms with Crippen molar-refractivity contribution in [3.63, 3.8) is 0 Å². The van der Waals surface area contributed by atoms with Crippen LogP contribution in [0.1, 0.15) is 11.9 Å². The summed E-state index contributed by atoms with van der Waals surface area (Å²) >= 11 is 0. The average molecular weight is 298 g/mol. The summed E-state index contributed by atoms with van der Waals surface area (Å²) in [6.07, 6.45) is -6.12. The first kappa shape index (κ1) is 14.7. The highest BCUT2D eigenvalue weighted by Crippen LogP contribution is 2.33. The zero-order valence-electron chi connectivity index (χ0n) is 11.5. The highest BCUT2D eigenvalue weighted by molar-refractivity contribution is 5.28. The second kappa shape index (κ2) is 5.88. The minimum absolute atomic E-state index is 0.155. The van der Waals surface area contributed by atoms with E-state index in [1.807, 2.05) is 0 Å². The smallest absolute Gasteiger partial charge is 0.184 e. The van der Waals surface area contributed by atoms with Crippen molar-refractivity contribution in [3.05, 3.63) is 29.8 Å². The summed E-state index contributed by atoms with van der Waals surface area (Å²) in [4.78, 5) is 0. The Labute approximate surface area is 121 Å². The summed E-state index contributed by atoms with van der Waals surface area (Å²) in [6.45, 7) is 0.155. The van der Waals surface area contributed by atoms with E-state index >= 15 is 0 Å². The topological polar surface area (TPSA) is 97.6 Å².